The molecule has 0 spiro atoms. The van der Waals surface area contributed by atoms with Gasteiger partial charge in [-0.05, 0) is 32.8 Å². The Kier molecular flexibility index (Phi) is 8.88. The third kappa shape index (κ3) is 6.39. The van der Waals surface area contributed by atoms with Gasteiger partial charge >= 0.3 is 0 Å². The molecule has 0 amide bonds. The van der Waals surface area contributed by atoms with Gasteiger partial charge < -0.3 is 14.4 Å². The quantitative estimate of drug-likeness (QED) is 0.741. The fourth-order valence-electron chi connectivity index (χ4n) is 2.19. The van der Waals surface area contributed by atoms with Crippen LogP contribution in [0.15, 0.2) is 30.3 Å². The Morgan fingerprint density at radius 3 is 1.68 bits per heavy atom. The highest BCUT2D eigenvalue weighted by Crippen LogP contribution is 2.06. The van der Waals surface area contributed by atoms with Crippen LogP contribution in [0.25, 0.3) is 0 Å². The van der Waals surface area contributed by atoms with Crippen molar-refractivity contribution in [2.75, 3.05) is 26.2 Å². The third-order valence-electron chi connectivity index (χ3n) is 3.72. The number of carboxylic acid groups (broad SMARTS) is 1. The molecule has 0 aliphatic carbocycles. The van der Waals surface area contributed by atoms with Gasteiger partial charge in [0.05, 0.1) is 32.1 Å². The molecule has 0 bridgehead atoms. The van der Waals surface area contributed by atoms with Gasteiger partial charge in [-0.25, -0.2) is 0 Å². The zero-order valence-electron chi connectivity index (χ0n) is 12.7. The largest absolute Gasteiger partial charge is 0.545 e. The van der Waals surface area contributed by atoms with Gasteiger partial charge in [-0.15, -0.1) is 0 Å². The molecule has 0 atom stereocenters. The van der Waals surface area contributed by atoms with Crippen LogP contribution in [0.5, 0.6) is 0 Å². The summed E-state index contributed by atoms with van der Waals surface area (Å²) in [6.07, 6.45) is 1.32. The second-order valence-electron chi connectivity index (χ2n) is 4.67. The van der Waals surface area contributed by atoms with Gasteiger partial charge in [0, 0.05) is 0 Å². The monoisotopic (exact) mass is 265 g/mol. The molecule has 3 heteroatoms. The maximum atomic E-state index is 10.1. The van der Waals surface area contributed by atoms with Crippen LogP contribution in [-0.2, 0) is 0 Å². The summed E-state index contributed by atoms with van der Waals surface area (Å²) in [5.74, 6) is -1.13. The van der Waals surface area contributed by atoms with Gasteiger partial charge in [-0.1, -0.05) is 37.3 Å². The predicted molar refractivity (Wildman–Crippen MR) is 77.8 cm³/mol. The van der Waals surface area contributed by atoms with Crippen molar-refractivity contribution in [2.45, 2.75) is 34.1 Å². The Morgan fingerprint density at radius 1 is 1.00 bits per heavy atom. The van der Waals surface area contributed by atoms with E-state index in [0.29, 0.717) is 0 Å². The first-order valence-electron chi connectivity index (χ1n) is 7.16. The van der Waals surface area contributed by atoms with Gasteiger partial charge in [0.15, 0.2) is 0 Å². The average Bonchev–Trinajstić information content (AvgIpc) is 2.46. The normalized spacial score (nSPS) is 10.5. The zero-order chi connectivity index (χ0) is 14.7. The van der Waals surface area contributed by atoms with E-state index < -0.39 is 5.97 Å². The summed E-state index contributed by atoms with van der Waals surface area (Å²) in [7, 11) is 0. The Balaban J connectivity index is 0.000000342. The molecule has 0 fully saturated rings. The lowest BCUT2D eigenvalue weighted by Gasteiger charge is -2.35. The van der Waals surface area contributed by atoms with Gasteiger partial charge in [0.1, 0.15) is 0 Å². The maximum Gasteiger partial charge on any atom is 0.0783 e. The summed E-state index contributed by atoms with van der Waals surface area (Å²) >= 11 is 0. The number of hydrogen-bond donors (Lipinski definition) is 0. The average molecular weight is 265 g/mol. The van der Waals surface area contributed by atoms with Gasteiger partial charge in [0.25, 0.3) is 0 Å². The SMILES string of the molecule is CCC[N+](CC)(CC)CC.O=C([O-])c1ccccc1. The molecule has 108 valence electrons. The van der Waals surface area contributed by atoms with Gasteiger partial charge in [-0.3, -0.25) is 0 Å². The fourth-order valence-corrected chi connectivity index (χ4v) is 2.19. The van der Waals surface area contributed by atoms with Crippen LogP contribution in [-0.4, -0.2) is 36.6 Å². The van der Waals surface area contributed by atoms with Crippen molar-refractivity contribution >= 4 is 5.97 Å². The van der Waals surface area contributed by atoms with Crippen LogP contribution in [0.2, 0.25) is 0 Å². The third-order valence-corrected chi connectivity index (χ3v) is 3.72. The Labute approximate surface area is 117 Å². The van der Waals surface area contributed by atoms with Crippen LogP contribution < -0.4 is 5.11 Å². The maximum absolute atomic E-state index is 10.1. The van der Waals surface area contributed by atoms with E-state index in [2.05, 4.69) is 27.7 Å². The molecule has 1 rings (SSSR count). The minimum atomic E-state index is -1.13. The van der Waals surface area contributed by atoms with E-state index >= 15 is 0 Å². The van der Waals surface area contributed by atoms with Crippen LogP contribution in [0.4, 0.5) is 0 Å². The van der Waals surface area contributed by atoms with Gasteiger partial charge in [0.2, 0.25) is 0 Å². The predicted octanol–water partition coefficient (Wildman–Crippen LogP) is 2.32. The van der Waals surface area contributed by atoms with Crippen LogP contribution in [0.3, 0.4) is 0 Å². The number of benzene rings is 1. The molecule has 0 aromatic heterocycles. The lowest BCUT2D eigenvalue weighted by Crippen LogP contribution is -2.47. The molecular weight excluding hydrogens is 238 g/mol. The van der Waals surface area contributed by atoms with Crippen molar-refractivity contribution in [2.24, 2.45) is 0 Å². The van der Waals surface area contributed by atoms with Crippen molar-refractivity contribution in [3.63, 3.8) is 0 Å². The highest BCUT2D eigenvalue weighted by Gasteiger charge is 2.17. The Bertz CT molecular complexity index is 337. The van der Waals surface area contributed by atoms with Crippen molar-refractivity contribution in [1.29, 1.82) is 0 Å². The number of quaternary nitrogens is 1. The zero-order valence-corrected chi connectivity index (χ0v) is 12.7. The smallest absolute Gasteiger partial charge is 0.0783 e. The van der Waals surface area contributed by atoms with Crippen LogP contribution in [0.1, 0.15) is 44.5 Å². The molecule has 0 aliphatic rings. The molecule has 0 saturated carbocycles. The molecule has 3 nitrogen and oxygen atoms in total. The number of rotatable bonds is 6. The minimum absolute atomic E-state index is 0.220. The number of carbonyl (C=O) groups excluding carboxylic acids is 1. The number of aromatic carboxylic acids is 1. The number of hydrogen-bond acceptors (Lipinski definition) is 2. The van der Waals surface area contributed by atoms with Crippen molar-refractivity contribution < 1.29 is 14.4 Å². The van der Waals surface area contributed by atoms with E-state index in [1.165, 1.54) is 49.2 Å². The highest BCUT2D eigenvalue weighted by atomic mass is 16.4. The molecule has 0 saturated heterocycles. The van der Waals surface area contributed by atoms with Crippen LogP contribution in [0, 0.1) is 0 Å². The molecule has 0 heterocycles. The summed E-state index contributed by atoms with van der Waals surface area (Å²) in [6, 6.07) is 8.06. The number of carbonyl (C=O) groups is 1. The van der Waals surface area contributed by atoms with Crippen molar-refractivity contribution in [1.82, 2.24) is 0 Å². The first-order chi connectivity index (χ1) is 9.05. The van der Waals surface area contributed by atoms with E-state index in [-0.39, 0.29) is 5.56 Å². The summed E-state index contributed by atoms with van der Waals surface area (Å²) in [4.78, 5) is 10.1. The summed E-state index contributed by atoms with van der Waals surface area (Å²) < 4.78 is 1.30. The van der Waals surface area contributed by atoms with Crippen molar-refractivity contribution in [3.8, 4) is 0 Å². The Morgan fingerprint density at radius 2 is 1.47 bits per heavy atom. The standard InChI is InChI=1S/C9H22N.C7H6O2/c1-5-9-10(6-2,7-3)8-4;8-7(9)6-4-2-1-3-5-6/h5-9H2,1-4H3;1-5H,(H,8,9)/q+1;/p-1. The molecule has 19 heavy (non-hydrogen) atoms. The summed E-state index contributed by atoms with van der Waals surface area (Å²) in [6.45, 7) is 14.4. The number of nitrogens with zero attached hydrogens (tertiary/aromatic N) is 1. The van der Waals surface area contributed by atoms with E-state index in [1.54, 1.807) is 18.2 Å². The molecule has 1 aromatic carbocycles. The molecule has 0 aliphatic heterocycles. The van der Waals surface area contributed by atoms with E-state index in [9.17, 15) is 9.90 Å². The number of carboxylic acids is 1. The van der Waals surface area contributed by atoms with E-state index in [4.69, 9.17) is 0 Å². The Hall–Kier alpha value is -1.35. The second kappa shape index (κ2) is 9.56. The second-order valence-corrected chi connectivity index (χ2v) is 4.67. The molecule has 0 radical (unpaired) electrons. The highest BCUT2D eigenvalue weighted by molar-refractivity contribution is 5.85. The van der Waals surface area contributed by atoms with Crippen LogP contribution >= 0.6 is 0 Å². The van der Waals surface area contributed by atoms with Gasteiger partial charge in [-0.2, -0.15) is 0 Å². The van der Waals surface area contributed by atoms with Crippen molar-refractivity contribution in [3.05, 3.63) is 35.9 Å². The molecule has 1 aromatic rings. The fraction of sp³-hybridized carbons (Fsp3) is 0.562. The summed E-state index contributed by atoms with van der Waals surface area (Å²) in [5, 5.41) is 10.1. The van der Waals surface area contributed by atoms with E-state index in [1.807, 2.05) is 0 Å². The van der Waals surface area contributed by atoms with E-state index in [0.717, 1.165) is 0 Å². The minimum Gasteiger partial charge on any atom is -0.545 e. The lowest BCUT2D eigenvalue weighted by atomic mass is 10.2. The topological polar surface area (TPSA) is 40.1 Å². The molecule has 0 N–H and O–H groups in total. The first-order valence-corrected chi connectivity index (χ1v) is 7.16. The lowest BCUT2D eigenvalue weighted by molar-refractivity contribution is -0.923. The molecular formula is C16H27NO2. The summed E-state index contributed by atoms with van der Waals surface area (Å²) in [5.41, 5.74) is 0.220. The molecule has 0 unspecified atom stereocenters. The first kappa shape index (κ1) is 17.6.